The number of hydrogen-bond donors (Lipinski definition) is 2. The Labute approximate surface area is 183 Å². The van der Waals surface area contributed by atoms with Crippen LogP contribution < -0.4 is 10.6 Å². The fourth-order valence-electron chi connectivity index (χ4n) is 4.08. The summed E-state index contributed by atoms with van der Waals surface area (Å²) in [5, 5.41) is 18.0. The van der Waals surface area contributed by atoms with Crippen molar-refractivity contribution in [1.29, 1.82) is 0 Å². The van der Waals surface area contributed by atoms with Crippen molar-refractivity contribution in [3.8, 4) is 0 Å². The van der Waals surface area contributed by atoms with Crippen molar-refractivity contribution in [3.63, 3.8) is 0 Å². The number of carbonyl (C=O) groups excluding carboxylic acids is 1. The number of nitrogens with zero attached hydrogens (tertiary/aromatic N) is 3. The molecule has 1 amide bonds. The Morgan fingerprint density at radius 2 is 1.71 bits per heavy atom. The van der Waals surface area contributed by atoms with E-state index in [-0.39, 0.29) is 17.8 Å². The van der Waals surface area contributed by atoms with Crippen molar-refractivity contribution in [2.45, 2.75) is 70.5 Å². The van der Waals surface area contributed by atoms with Crippen molar-refractivity contribution >= 4 is 17.7 Å². The number of benzene rings is 1. The lowest BCUT2D eigenvalue weighted by Crippen LogP contribution is -2.52. The van der Waals surface area contributed by atoms with Crippen molar-refractivity contribution < 1.29 is 14.5 Å². The van der Waals surface area contributed by atoms with E-state index >= 15 is 0 Å². The number of nitro benzene ring substituents is 1. The highest BCUT2D eigenvalue weighted by atomic mass is 16.6. The molecule has 2 N–H and O–H groups in total. The minimum absolute atomic E-state index is 0.0831. The summed E-state index contributed by atoms with van der Waals surface area (Å²) in [4.78, 5) is 28.9. The number of amides is 1. The van der Waals surface area contributed by atoms with Gasteiger partial charge in [0.25, 0.3) is 5.69 Å². The van der Waals surface area contributed by atoms with Crippen LogP contribution in [-0.2, 0) is 11.3 Å². The molecule has 9 nitrogen and oxygen atoms in total. The normalized spacial score (nSPS) is 18.5. The summed E-state index contributed by atoms with van der Waals surface area (Å²) in [6, 6.07) is 7.17. The number of nitro groups is 1. The molecular weight excluding hydrogens is 398 g/mol. The van der Waals surface area contributed by atoms with E-state index in [1.165, 1.54) is 31.4 Å². The third-order valence-electron chi connectivity index (χ3n) is 5.87. The number of non-ortho nitro benzene ring substituents is 1. The number of aliphatic imine (C=N–C) groups is 1. The topological polar surface area (TPSA) is 109 Å². The number of likely N-dealkylation sites (tertiary alicyclic amines) is 1. The summed E-state index contributed by atoms with van der Waals surface area (Å²) in [5.41, 5.74) is 1.01. The van der Waals surface area contributed by atoms with Crippen LogP contribution in [0.1, 0.15) is 57.4 Å². The Hall–Kier alpha value is -2.84. The molecule has 1 aromatic rings. The average Bonchev–Trinajstić information content (AvgIpc) is 2.79. The van der Waals surface area contributed by atoms with Crippen LogP contribution in [0.2, 0.25) is 0 Å². The molecule has 2 aliphatic rings. The van der Waals surface area contributed by atoms with Crippen LogP contribution >= 0.6 is 0 Å². The Balaban J connectivity index is 1.60. The van der Waals surface area contributed by atoms with Gasteiger partial charge < -0.3 is 20.3 Å². The van der Waals surface area contributed by atoms with Gasteiger partial charge in [-0.15, -0.1) is 0 Å². The smallest absolute Gasteiger partial charge is 0.409 e. The molecule has 170 valence electrons. The van der Waals surface area contributed by atoms with E-state index in [4.69, 9.17) is 9.73 Å². The Kier molecular flexibility index (Phi) is 8.49. The molecule has 2 fully saturated rings. The molecule has 31 heavy (non-hydrogen) atoms. The molecule has 0 aromatic heterocycles. The van der Waals surface area contributed by atoms with E-state index in [2.05, 4.69) is 10.6 Å². The molecule has 1 aromatic carbocycles. The summed E-state index contributed by atoms with van der Waals surface area (Å²) < 4.78 is 5.10. The second-order valence-corrected chi connectivity index (χ2v) is 8.17. The number of rotatable bonds is 6. The van der Waals surface area contributed by atoms with Gasteiger partial charge in [0.1, 0.15) is 0 Å². The van der Waals surface area contributed by atoms with Gasteiger partial charge in [-0.25, -0.2) is 9.79 Å². The molecule has 1 aliphatic carbocycles. The Morgan fingerprint density at radius 1 is 1.10 bits per heavy atom. The van der Waals surface area contributed by atoms with Crippen molar-refractivity contribution in [3.05, 3.63) is 39.9 Å². The minimum atomic E-state index is -0.396. The molecule has 1 saturated heterocycles. The first-order valence-electron chi connectivity index (χ1n) is 11.3. The van der Waals surface area contributed by atoms with Gasteiger partial charge in [0.15, 0.2) is 5.96 Å². The van der Waals surface area contributed by atoms with Gasteiger partial charge in [-0.2, -0.15) is 0 Å². The van der Waals surface area contributed by atoms with Gasteiger partial charge in [-0.3, -0.25) is 10.1 Å². The second kappa shape index (κ2) is 11.5. The summed E-state index contributed by atoms with van der Waals surface area (Å²) in [5.74, 6) is 0.778. The first-order chi connectivity index (χ1) is 15.0. The number of nitrogens with one attached hydrogen (secondary N) is 2. The van der Waals surface area contributed by atoms with Crippen LogP contribution in [0.15, 0.2) is 29.3 Å². The molecule has 0 bridgehead atoms. The van der Waals surface area contributed by atoms with Gasteiger partial charge in [-0.05, 0) is 38.2 Å². The first kappa shape index (κ1) is 22.8. The average molecular weight is 432 g/mol. The highest BCUT2D eigenvalue weighted by molar-refractivity contribution is 5.80. The number of ether oxygens (including phenoxy) is 1. The highest BCUT2D eigenvalue weighted by Gasteiger charge is 2.25. The Morgan fingerprint density at radius 3 is 2.29 bits per heavy atom. The molecule has 0 atom stereocenters. The van der Waals surface area contributed by atoms with Crippen LogP contribution in [0.5, 0.6) is 0 Å². The summed E-state index contributed by atoms with van der Waals surface area (Å²) in [7, 11) is 0. The number of piperidine rings is 1. The van der Waals surface area contributed by atoms with Crippen molar-refractivity contribution in [2.75, 3.05) is 19.7 Å². The Bertz CT molecular complexity index is 754. The fourth-order valence-corrected chi connectivity index (χ4v) is 4.08. The summed E-state index contributed by atoms with van der Waals surface area (Å²) >= 11 is 0. The predicted octanol–water partition coefficient (Wildman–Crippen LogP) is 3.58. The maximum Gasteiger partial charge on any atom is 0.409 e. The van der Waals surface area contributed by atoms with E-state index in [0.717, 1.165) is 37.2 Å². The van der Waals surface area contributed by atoms with E-state index in [1.807, 2.05) is 6.92 Å². The molecule has 1 heterocycles. The zero-order chi connectivity index (χ0) is 22.1. The molecule has 0 spiro atoms. The third kappa shape index (κ3) is 7.11. The van der Waals surface area contributed by atoms with Gasteiger partial charge in [-0.1, -0.05) is 31.4 Å². The van der Waals surface area contributed by atoms with Gasteiger partial charge in [0.2, 0.25) is 0 Å². The molecule has 3 rings (SSSR count). The summed E-state index contributed by atoms with van der Waals surface area (Å²) in [6.07, 6.45) is 7.44. The third-order valence-corrected chi connectivity index (χ3v) is 5.87. The molecule has 1 saturated carbocycles. The van der Waals surface area contributed by atoms with Crippen molar-refractivity contribution in [1.82, 2.24) is 15.5 Å². The van der Waals surface area contributed by atoms with E-state index < -0.39 is 4.92 Å². The largest absolute Gasteiger partial charge is 0.450 e. The van der Waals surface area contributed by atoms with Crippen LogP contribution in [0, 0.1) is 10.1 Å². The zero-order valence-corrected chi connectivity index (χ0v) is 18.2. The highest BCUT2D eigenvalue weighted by Crippen LogP contribution is 2.18. The van der Waals surface area contributed by atoms with Crippen LogP contribution in [0.25, 0.3) is 0 Å². The maximum atomic E-state index is 11.9. The lowest BCUT2D eigenvalue weighted by atomic mass is 9.95. The molecule has 0 unspecified atom stereocenters. The lowest BCUT2D eigenvalue weighted by molar-refractivity contribution is -0.384. The van der Waals surface area contributed by atoms with E-state index in [1.54, 1.807) is 17.0 Å². The number of carbonyl (C=O) groups is 1. The van der Waals surface area contributed by atoms with Crippen molar-refractivity contribution in [2.24, 2.45) is 4.99 Å². The molecule has 0 radical (unpaired) electrons. The zero-order valence-electron chi connectivity index (χ0n) is 18.2. The number of guanidine groups is 1. The quantitative estimate of drug-likeness (QED) is 0.308. The fraction of sp³-hybridized carbons (Fsp3) is 0.636. The van der Waals surface area contributed by atoms with Crippen LogP contribution in [0.4, 0.5) is 10.5 Å². The van der Waals surface area contributed by atoms with Gasteiger partial charge in [0, 0.05) is 37.3 Å². The maximum absolute atomic E-state index is 11.9. The molecule has 1 aliphatic heterocycles. The monoisotopic (exact) mass is 431 g/mol. The SMILES string of the molecule is CCOC(=O)N1CCC(NC(=NCc2ccc([N+](=O)[O-])cc2)NC2CCCCC2)CC1. The minimum Gasteiger partial charge on any atom is -0.450 e. The predicted molar refractivity (Wildman–Crippen MR) is 119 cm³/mol. The van der Waals surface area contributed by atoms with Gasteiger partial charge >= 0.3 is 6.09 Å². The van der Waals surface area contributed by atoms with Crippen LogP contribution in [0.3, 0.4) is 0 Å². The molecular formula is C22H33N5O4. The molecule has 9 heteroatoms. The summed E-state index contributed by atoms with van der Waals surface area (Å²) in [6.45, 7) is 3.98. The number of hydrogen-bond acceptors (Lipinski definition) is 5. The van der Waals surface area contributed by atoms with E-state index in [9.17, 15) is 14.9 Å². The standard InChI is InChI=1S/C22H33N5O4/c1-2-31-22(28)26-14-12-19(13-15-26)25-21(24-18-6-4-3-5-7-18)23-16-17-8-10-20(11-9-17)27(29)30/h8-11,18-19H,2-7,12-16H2,1H3,(H2,23,24,25). The van der Waals surface area contributed by atoms with E-state index in [0.29, 0.717) is 32.3 Å². The first-order valence-corrected chi connectivity index (χ1v) is 11.3. The van der Waals surface area contributed by atoms with Crippen LogP contribution in [-0.4, -0.2) is 53.7 Å². The lowest BCUT2D eigenvalue weighted by Gasteiger charge is -2.33. The van der Waals surface area contributed by atoms with Gasteiger partial charge in [0.05, 0.1) is 18.1 Å². The second-order valence-electron chi connectivity index (χ2n) is 8.17.